The molecule has 2 aliphatic heterocycles. The fourth-order valence-electron chi connectivity index (χ4n) is 2.89. The Morgan fingerprint density at radius 2 is 1.00 bits per heavy atom. The third-order valence-corrected chi connectivity index (χ3v) is 4.50. The highest BCUT2D eigenvalue weighted by atomic mass is 32.1. The molecule has 2 N–H and O–H groups in total. The van der Waals surface area contributed by atoms with Crippen LogP contribution in [-0.2, 0) is 0 Å². The maximum Gasteiger partial charge on any atom is 0.192 e. The lowest BCUT2D eigenvalue weighted by Gasteiger charge is -2.26. The van der Waals surface area contributed by atoms with Crippen molar-refractivity contribution in [2.75, 3.05) is 0 Å². The molecule has 2 aliphatic rings. The number of hydrazine groups is 1. The van der Waals surface area contributed by atoms with Gasteiger partial charge in [-0.1, -0.05) is 60.7 Å². The Kier molecular flexibility index (Phi) is 3.20. The fourth-order valence-corrected chi connectivity index (χ4v) is 3.50. The van der Waals surface area contributed by atoms with Crippen molar-refractivity contribution >= 4 is 34.7 Å². The minimum absolute atomic E-state index is 0.0672. The topological polar surface area (TPSA) is 30.5 Å². The molecule has 0 aliphatic carbocycles. The summed E-state index contributed by atoms with van der Waals surface area (Å²) in [4.78, 5) is 0. The van der Waals surface area contributed by atoms with Crippen LogP contribution in [0.2, 0.25) is 0 Å². The first kappa shape index (κ1) is 13.5. The Bertz CT molecular complexity index is 656. The van der Waals surface area contributed by atoms with Crippen molar-refractivity contribution in [3.05, 3.63) is 71.8 Å². The first-order chi connectivity index (χ1) is 10.8. The summed E-state index contributed by atoms with van der Waals surface area (Å²) in [7, 11) is 0. The number of nitrogens with zero attached hydrogens (tertiary/aromatic N) is 2. The van der Waals surface area contributed by atoms with Gasteiger partial charge in [0, 0.05) is 0 Å². The van der Waals surface area contributed by atoms with Crippen molar-refractivity contribution in [1.82, 2.24) is 20.7 Å². The molecule has 4 rings (SSSR count). The van der Waals surface area contributed by atoms with Crippen LogP contribution in [0.15, 0.2) is 60.7 Å². The summed E-state index contributed by atoms with van der Waals surface area (Å²) >= 11 is 11.1. The van der Waals surface area contributed by atoms with Crippen LogP contribution in [0, 0.1) is 0 Å². The lowest BCUT2D eigenvalue weighted by atomic mass is 10.2. The summed E-state index contributed by atoms with van der Waals surface area (Å²) in [6.45, 7) is 0. The normalized spacial score (nSPS) is 23.3. The average Bonchev–Trinajstić information content (AvgIpc) is 3.09. The number of nitrogens with one attached hydrogen (secondary N) is 2. The molecule has 0 saturated carbocycles. The van der Waals surface area contributed by atoms with Gasteiger partial charge in [0.05, 0.1) is 0 Å². The molecule has 0 radical (unpaired) electrons. The van der Waals surface area contributed by atoms with Crippen LogP contribution in [0.3, 0.4) is 0 Å². The van der Waals surface area contributed by atoms with Crippen molar-refractivity contribution < 1.29 is 0 Å². The molecule has 6 heteroatoms. The van der Waals surface area contributed by atoms with E-state index in [9.17, 15) is 0 Å². The van der Waals surface area contributed by atoms with Gasteiger partial charge in [-0.15, -0.1) is 0 Å². The molecule has 0 bridgehead atoms. The van der Waals surface area contributed by atoms with Gasteiger partial charge in [0.1, 0.15) is 12.3 Å². The first-order valence-electron chi connectivity index (χ1n) is 7.05. The first-order valence-corrected chi connectivity index (χ1v) is 7.86. The van der Waals surface area contributed by atoms with E-state index >= 15 is 0 Å². The van der Waals surface area contributed by atoms with Gasteiger partial charge in [-0.3, -0.25) is 0 Å². The van der Waals surface area contributed by atoms with Gasteiger partial charge >= 0.3 is 0 Å². The summed E-state index contributed by atoms with van der Waals surface area (Å²) in [5.74, 6) is 0. The van der Waals surface area contributed by atoms with E-state index in [1.807, 2.05) is 46.4 Å². The van der Waals surface area contributed by atoms with Crippen molar-refractivity contribution in [3.8, 4) is 0 Å². The summed E-state index contributed by atoms with van der Waals surface area (Å²) in [5.41, 5.74) is 2.26. The number of thiocarbonyl (C=S) groups is 2. The van der Waals surface area contributed by atoms with Crippen molar-refractivity contribution in [1.29, 1.82) is 0 Å². The Hall–Kier alpha value is -2.18. The van der Waals surface area contributed by atoms with Gasteiger partial charge in [-0.2, -0.15) is 0 Å². The van der Waals surface area contributed by atoms with Crippen molar-refractivity contribution in [3.63, 3.8) is 0 Å². The maximum atomic E-state index is 5.54. The van der Waals surface area contributed by atoms with E-state index < -0.39 is 0 Å². The zero-order valence-electron chi connectivity index (χ0n) is 11.6. The highest BCUT2D eigenvalue weighted by Gasteiger charge is 2.47. The third-order valence-electron chi connectivity index (χ3n) is 3.89. The predicted octanol–water partition coefficient (Wildman–Crippen LogP) is 2.68. The van der Waals surface area contributed by atoms with E-state index in [0.717, 1.165) is 11.1 Å². The Balaban J connectivity index is 1.71. The number of benzene rings is 2. The van der Waals surface area contributed by atoms with E-state index in [1.54, 1.807) is 0 Å². The molecular formula is C16H14N4S2. The van der Waals surface area contributed by atoms with Crippen LogP contribution in [0.4, 0.5) is 0 Å². The summed E-state index contributed by atoms with van der Waals surface area (Å²) < 4.78 is 0. The Morgan fingerprint density at radius 1 is 0.636 bits per heavy atom. The molecule has 0 spiro atoms. The lowest BCUT2D eigenvalue weighted by Crippen LogP contribution is -2.36. The molecule has 2 fully saturated rings. The predicted molar refractivity (Wildman–Crippen MR) is 93.5 cm³/mol. The van der Waals surface area contributed by atoms with Gasteiger partial charge in [-0.05, 0) is 35.6 Å². The molecule has 4 nitrogen and oxygen atoms in total. The van der Waals surface area contributed by atoms with Crippen molar-refractivity contribution in [2.45, 2.75) is 12.3 Å². The van der Waals surface area contributed by atoms with Crippen LogP contribution >= 0.6 is 24.4 Å². The standard InChI is InChI=1S/C16H14N4S2/c21-15-17-13(11-7-3-1-4-8-11)19-16(22)18-14(20(15)19)12-9-5-2-6-10-12/h1-10,13-14H,(H,17,21)(H,18,22)/t13-,14+. The van der Waals surface area contributed by atoms with E-state index in [2.05, 4.69) is 34.9 Å². The minimum atomic E-state index is -0.0672. The second kappa shape index (κ2) is 5.23. The number of hydrogen-bond donors (Lipinski definition) is 2. The molecule has 2 aromatic rings. The van der Waals surface area contributed by atoms with Gasteiger partial charge in [0.15, 0.2) is 10.2 Å². The Labute approximate surface area is 139 Å². The number of fused-ring (bicyclic) bond motifs is 1. The molecule has 2 atom stereocenters. The van der Waals surface area contributed by atoms with E-state index in [4.69, 9.17) is 24.4 Å². The smallest absolute Gasteiger partial charge is 0.192 e. The number of hydrogen-bond acceptors (Lipinski definition) is 2. The van der Waals surface area contributed by atoms with Crippen LogP contribution in [0.5, 0.6) is 0 Å². The lowest BCUT2D eigenvalue weighted by molar-refractivity contribution is 0.114. The van der Waals surface area contributed by atoms with Gasteiger partial charge in [-0.25, -0.2) is 10.0 Å². The maximum absolute atomic E-state index is 5.54. The van der Waals surface area contributed by atoms with Crippen LogP contribution in [0.1, 0.15) is 23.5 Å². The largest absolute Gasteiger partial charge is 0.336 e. The molecule has 0 unspecified atom stereocenters. The highest BCUT2D eigenvalue weighted by molar-refractivity contribution is 7.80. The Morgan fingerprint density at radius 3 is 1.36 bits per heavy atom. The fraction of sp³-hybridized carbons (Fsp3) is 0.125. The SMILES string of the molecule is S=C1N[C@@H](c2ccccc2)N2C(=S)N[C@H](c3ccccc3)N12. The quantitative estimate of drug-likeness (QED) is 0.825. The van der Waals surface area contributed by atoms with Crippen LogP contribution < -0.4 is 10.6 Å². The average molecular weight is 326 g/mol. The summed E-state index contributed by atoms with van der Waals surface area (Å²) in [6.07, 6.45) is -0.134. The minimum Gasteiger partial charge on any atom is -0.336 e. The zero-order valence-corrected chi connectivity index (χ0v) is 13.3. The second-order valence-electron chi connectivity index (χ2n) is 5.21. The van der Waals surface area contributed by atoms with E-state index in [1.165, 1.54) is 0 Å². The van der Waals surface area contributed by atoms with Crippen LogP contribution in [0.25, 0.3) is 0 Å². The summed E-state index contributed by atoms with van der Waals surface area (Å²) in [6, 6.07) is 20.4. The van der Waals surface area contributed by atoms with E-state index in [-0.39, 0.29) is 12.3 Å². The van der Waals surface area contributed by atoms with Crippen LogP contribution in [-0.4, -0.2) is 20.2 Å². The van der Waals surface area contributed by atoms with Gasteiger partial charge < -0.3 is 10.6 Å². The molecule has 2 aromatic carbocycles. The van der Waals surface area contributed by atoms with Gasteiger partial charge in [0.25, 0.3) is 0 Å². The molecule has 22 heavy (non-hydrogen) atoms. The highest BCUT2D eigenvalue weighted by Crippen LogP contribution is 2.36. The molecule has 110 valence electrons. The molecule has 2 heterocycles. The van der Waals surface area contributed by atoms with Crippen molar-refractivity contribution in [2.24, 2.45) is 0 Å². The third kappa shape index (κ3) is 2.03. The second-order valence-corrected chi connectivity index (χ2v) is 5.99. The molecule has 2 saturated heterocycles. The molecule has 0 aromatic heterocycles. The van der Waals surface area contributed by atoms with Gasteiger partial charge in [0.2, 0.25) is 0 Å². The summed E-state index contributed by atoms with van der Waals surface area (Å²) in [5, 5.41) is 12.1. The van der Waals surface area contributed by atoms with E-state index in [0.29, 0.717) is 10.2 Å². The molecular weight excluding hydrogens is 312 g/mol. The number of rotatable bonds is 2. The monoisotopic (exact) mass is 326 g/mol. The molecule has 0 amide bonds. The zero-order chi connectivity index (χ0) is 15.1.